The van der Waals surface area contributed by atoms with E-state index in [1.54, 1.807) is 12.4 Å². The first kappa shape index (κ1) is 15.9. The van der Waals surface area contributed by atoms with Crippen molar-refractivity contribution in [2.75, 3.05) is 11.9 Å². The molecule has 0 aromatic carbocycles. The topological polar surface area (TPSA) is 75.2 Å². The van der Waals surface area contributed by atoms with Crippen LogP contribution in [0.5, 0.6) is 0 Å². The fourth-order valence-electron chi connectivity index (χ4n) is 3.31. The molecule has 6 heteroatoms. The molecule has 1 aliphatic heterocycles. The normalized spacial score (nSPS) is 21.1. The minimum absolute atomic E-state index is 0.0837. The number of hydrogen-bond donors (Lipinski definition) is 1. The van der Waals surface area contributed by atoms with Gasteiger partial charge in [0.1, 0.15) is 0 Å². The van der Waals surface area contributed by atoms with Gasteiger partial charge >= 0.3 is 0 Å². The van der Waals surface area contributed by atoms with E-state index >= 15 is 0 Å². The SMILES string of the molecule is CCC(CC)N1CC(C(=O)Nc2nccnc2C2CC2)CC1=O. The van der Waals surface area contributed by atoms with E-state index in [1.165, 1.54) is 0 Å². The first-order chi connectivity index (χ1) is 11.1. The van der Waals surface area contributed by atoms with Crippen molar-refractivity contribution in [3.8, 4) is 0 Å². The summed E-state index contributed by atoms with van der Waals surface area (Å²) < 4.78 is 0. The third-order valence-electron chi connectivity index (χ3n) is 4.84. The first-order valence-electron chi connectivity index (χ1n) is 8.55. The maximum atomic E-state index is 12.5. The van der Waals surface area contributed by atoms with Gasteiger partial charge in [-0.3, -0.25) is 14.6 Å². The second-order valence-electron chi connectivity index (χ2n) is 6.47. The van der Waals surface area contributed by atoms with Crippen molar-refractivity contribution >= 4 is 17.6 Å². The molecule has 1 atom stereocenters. The summed E-state index contributed by atoms with van der Waals surface area (Å²) in [5.41, 5.74) is 0.877. The van der Waals surface area contributed by atoms with Gasteiger partial charge in [0.15, 0.2) is 5.82 Å². The molecule has 0 spiro atoms. The third-order valence-corrected chi connectivity index (χ3v) is 4.84. The van der Waals surface area contributed by atoms with Crippen molar-refractivity contribution in [2.24, 2.45) is 5.92 Å². The van der Waals surface area contributed by atoms with Crippen LogP contribution < -0.4 is 5.32 Å². The summed E-state index contributed by atoms with van der Waals surface area (Å²) in [5, 5.41) is 2.90. The maximum absolute atomic E-state index is 12.5. The van der Waals surface area contributed by atoms with Crippen LogP contribution in [0.15, 0.2) is 12.4 Å². The quantitative estimate of drug-likeness (QED) is 0.874. The van der Waals surface area contributed by atoms with Crippen LogP contribution >= 0.6 is 0 Å². The number of carbonyl (C=O) groups excluding carboxylic acids is 2. The van der Waals surface area contributed by atoms with Crippen LogP contribution in [0.1, 0.15) is 57.6 Å². The lowest BCUT2D eigenvalue weighted by Crippen LogP contribution is -2.36. The Morgan fingerprint density at radius 3 is 2.65 bits per heavy atom. The average Bonchev–Trinajstić information content (AvgIpc) is 3.33. The van der Waals surface area contributed by atoms with Gasteiger partial charge in [0.25, 0.3) is 0 Å². The van der Waals surface area contributed by atoms with Crippen molar-refractivity contribution < 1.29 is 9.59 Å². The molecule has 1 unspecified atom stereocenters. The molecule has 1 saturated carbocycles. The van der Waals surface area contributed by atoms with E-state index in [1.807, 2.05) is 4.90 Å². The van der Waals surface area contributed by atoms with Crippen LogP contribution in [0, 0.1) is 5.92 Å². The van der Waals surface area contributed by atoms with Crippen LogP contribution in [0.2, 0.25) is 0 Å². The Labute approximate surface area is 136 Å². The number of carbonyl (C=O) groups is 2. The summed E-state index contributed by atoms with van der Waals surface area (Å²) >= 11 is 0. The highest BCUT2D eigenvalue weighted by Crippen LogP contribution is 2.41. The Kier molecular flexibility index (Phi) is 4.59. The van der Waals surface area contributed by atoms with Gasteiger partial charge in [-0.05, 0) is 25.7 Å². The van der Waals surface area contributed by atoms with E-state index in [9.17, 15) is 9.59 Å². The van der Waals surface area contributed by atoms with E-state index in [4.69, 9.17) is 0 Å². The second kappa shape index (κ2) is 6.64. The summed E-state index contributed by atoms with van der Waals surface area (Å²) in [6, 6.07) is 0.235. The van der Waals surface area contributed by atoms with Crippen molar-refractivity contribution in [2.45, 2.75) is 57.9 Å². The van der Waals surface area contributed by atoms with Gasteiger partial charge in [0.2, 0.25) is 11.8 Å². The average molecular weight is 316 g/mol. The molecule has 1 aliphatic carbocycles. The smallest absolute Gasteiger partial charge is 0.231 e. The van der Waals surface area contributed by atoms with Crippen LogP contribution in [0.4, 0.5) is 5.82 Å². The summed E-state index contributed by atoms with van der Waals surface area (Å²) in [6.07, 6.45) is 7.60. The Bertz CT molecular complexity index is 596. The van der Waals surface area contributed by atoms with Gasteiger partial charge in [-0.25, -0.2) is 4.98 Å². The van der Waals surface area contributed by atoms with Crippen LogP contribution in [-0.2, 0) is 9.59 Å². The number of anilines is 1. The largest absolute Gasteiger partial charge is 0.339 e. The minimum Gasteiger partial charge on any atom is -0.339 e. The number of nitrogens with one attached hydrogen (secondary N) is 1. The Morgan fingerprint density at radius 2 is 2.00 bits per heavy atom. The molecule has 2 amide bonds. The van der Waals surface area contributed by atoms with Crippen molar-refractivity contribution in [1.29, 1.82) is 0 Å². The molecule has 2 fully saturated rings. The molecule has 1 aromatic rings. The fraction of sp³-hybridized carbons (Fsp3) is 0.647. The summed E-state index contributed by atoms with van der Waals surface area (Å²) in [6.45, 7) is 4.67. The first-order valence-corrected chi connectivity index (χ1v) is 8.55. The van der Waals surface area contributed by atoms with E-state index < -0.39 is 0 Å². The van der Waals surface area contributed by atoms with Crippen LogP contribution in [-0.4, -0.2) is 39.3 Å². The molecule has 1 N–H and O–H groups in total. The molecule has 23 heavy (non-hydrogen) atoms. The van der Waals surface area contributed by atoms with Crippen LogP contribution in [0.25, 0.3) is 0 Å². The lowest BCUT2D eigenvalue weighted by atomic mass is 10.1. The maximum Gasteiger partial charge on any atom is 0.231 e. The van der Waals surface area contributed by atoms with Gasteiger partial charge in [-0.1, -0.05) is 13.8 Å². The number of hydrogen-bond acceptors (Lipinski definition) is 4. The summed E-state index contributed by atoms with van der Waals surface area (Å²) in [4.78, 5) is 35.2. The molecule has 1 saturated heterocycles. The molecule has 0 radical (unpaired) electrons. The van der Waals surface area contributed by atoms with Crippen LogP contribution in [0.3, 0.4) is 0 Å². The number of likely N-dealkylation sites (tertiary alicyclic amines) is 1. The molecule has 3 rings (SSSR count). The lowest BCUT2D eigenvalue weighted by Gasteiger charge is -2.26. The summed E-state index contributed by atoms with van der Waals surface area (Å²) in [5.74, 6) is 0.658. The number of nitrogens with zero attached hydrogens (tertiary/aromatic N) is 3. The monoisotopic (exact) mass is 316 g/mol. The van der Waals surface area contributed by atoms with Gasteiger partial charge in [0.05, 0.1) is 11.6 Å². The molecule has 1 aromatic heterocycles. The van der Waals surface area contributed by atoms with E-state index in [-0.39, 0.29) is 23.8 Å². The molecular weight excluding hydrogens is 292 g/mol. The standard InChI is InChI=1S/C17H24N4O2/c1-3-13(4-2)21-10-12(9-14(21)22)17(23)20-16-15(11-5-6-11)18-7-8-19-16/h7-8,11-13H,3-6,9-10H2,1-2H3,(H,19,20,23). The predicted octanol–water partition coefficient (Wildman–Crippen LogP) is 2.33. The third kappa shape index (κ3) is 3.35. The van der Waals surface area contributed by atoms with Gasteiger partial charge < -0.3 is 10.2 Å². The Hall–Kier alpha value is -1.98. The molecule has 6 nitrogen and oxygen atoms in total. The molecule has 0 bridgehead atoms. The summed E-state index contributed by atoms with van der Waals surface area (Å²) in [7, 11) is 0. The number of amides is 2. The van der Waals surface area contributed by atoms with Gasteiger partial charge in [-0.2, -0.15) is 0 Å². The fourth-order valence-corrected chi connectivity index (χ4v) is 3.31. The zero-order chi connectivity index (χ0) is 16.4. The van der Waals surface area contributed by atoms with E-state index in [2.05, 4.69) is 29.1 Å². The minimum atomic E-state index is -0.294. The highest BCUT2D eigenvalue weighted by atomic mass is 16.2. The van der Waals surface area contributed by atoms with Gasteiger partial charge in [-0.15, -0.1) is 0 Å². The number of rotatable bonds is 6. The van der Waals surface area contributed by atoms with Crippen molar-refractivity contribution in [3.05, 3.63) is 18.1 Å². The molecule has 124 valence electrons. The Balaban J connectivity index is 1.67. The predicted molar refractivity (Wildman–Crippen MR) is 86.8 cm³/mol. The Morgan fingerprint density at radius 1 is 1.30 bits per heavy atom. The zero-order valence-corrected chi connectivity index (χ0v) is 13.8. The second-order valence-corrected chi connectivity index (χ2v) is 6.47. The molecular formula is C17H24N4O2. The lowest BCUT2D eigenvalue weighted by molar-refractivity contribution is -0.130. The molecule has 2 heterocycles. The van der Waals surface area contributed by atoms with Crippen molar-refractivity contribution in [1.82, 2.24) is 14.9 Å². The number of aromatic nitrogens is 2. The molecule has 2 aliphatic rings. The van der Waals surface area contributed by atoms with E-state index in [0.29, 0.717) is 24.7 Å². The zero-order valence-electron chi connectivity index (χ0n) is 13.8. The highest BCUT2D eigenvalue weighted by Gasteiger charge is 2.37. The highest BCUT2D eigenvalue weighted by molar-refractivity contribution is 5.97. The van der Waals surface area contributed by atoms with E-state index in [0.717, 1.165) is 31.4 Å². The van der Waals surface area contributed by atoms with Crippen molar-refractivity contribution in [3.63, 3.8) is 0 Å². The van der Waals surface area contributed by atoms with Gasteiger partial charge in [0, 0.05) is 37.3 Å².